The molecule has 4 nitrogen and oxygen atoms in total. The van der Waals surface area contributed by atoms with E-state index in [1.165, 1.54) is 27.8 Å². The van der Waals surface area contributed by atoms with E-state index in [-0.39, 0.29) is 17.9 Å². The van der Waals surface area contributed by atoms with Gasteiger partial charge in [-0.05, 0) is 105 Å². The second kappa shape index (κ2) is 13.6. The van der Waals surface area contributed by atoms with Gasteiger partial charge in [0.2, 0.25) is 0 Å². The van der Waals surface area contributed by atoms with E-state index in [9.17, 15) is 5.11 Å². The summed E-state index contributed by atoms with van der Waals surface area (Å²) in [4.78, 5) is 2.25. The first-order chi connectivity index (χ1) is 20.7. The molecule has 0 aliphatic heterocycles. The Balaban J connectivity index is 1.45. The van der Waals surface area contributed by atoms with Crippen molar-refractivity contribution in [2.24, 2.45) is 23.5 Å². The van der Waals surface area contributed by atoms with Gasteiger partial charge in [0.25, 0.3) is 0 Å². The van der Waals surface area contributed by atoms with Crippen molar-refractivity contribution in [1.29, 1.82) is 0 Å². The van der Waals surface area contributed by atoms with Crippen LogP contribution in [0.5, 0.6) is 0 Å². The number of hydrogen-bond acceptors (Lipinski definition) is 4. The van der Waals surface area contributed by atoms with E-state index in [2.05, 4.69) is 100 Å². The highest BCUT2D eigenvalue weighted by Gasteiger charge is 2.50. The summed E-state index contributed by atoms with van der Waals surface area (Å²) in [6.45, 7) is 9.45. The summed E-state index contributed by atoms with van der Waals surface area (Å²) in [5.41, 5.74) is 15.3. The van der Waals surface area contributed by atoms with Crippen LogP contribution in [-0.2, 0) is 37.0 Å². The number of nitrogens with zero attached hydrogens (tertiary/aromatic N) is 1. The standard InChI is InChI=1S/C39H50N2O2/c1-27(29(3)40)24-39(42)28(2)35-23-36-32(20-19-30-13-8-6-9-14-30)17-12-18-33(36)21-34(35)22-37(39)38(41(4)5)26-43-25-31-15-10-7-11-16-31/h6-18,27,34,37-38,42H,3,19-26,40H2,1-2,4-5H3/t27?,34-,37-,38+,39+/m0/s1. The third-order valence-electron chi connectivity index (χ3n) is 10.3. The maximum atomic E-state index is 12.8. The molecular weight excluding hydrogens is 528 g/mol. The van der Waals surface area contributed by atoms with Crippen molar-refractivity contribution >= 4 is 0 Å². The highest BCUT2D eigenvalue weighted by Crippen LogP contribution is 2.50. The molecule has 0 heterocycles. The number of nitrogens with two attached hydrogens (primary N) is 1. The molecule has 0 saturated heterocycles. The zero-order valence-corrected chi connectivity index (χ0v) is 26.6. The van der Waals surface area contributed by atoms with Crippen LogP contribution in [0.25, 0.3) is 0 Å². The fraction of sp³-hybridized carbons (Fsp3) is 0.436. The van der Waals surface area contributed by atoms with Gasteiger partial charge in [0.05, 0.1) is 18.8 Å². The lowest BCUT2D eigenvalue weighted by Gasteiger charge is -2.51. The number of likely N-dealkylation sites (N-methyl/N-ethyl adjacent to an activating group) is 1. The molecule has 5 atom stereocenters. The second-order valence-electron chi connectivity index (χ2n) is 13.2. The van der Waals surface area contributed by atoms with Crippen LogP contribution < -0.4 is 5.73 Å². The predicted molar refractivity (Wildman–Crippen MR) is 178 cm³/mol. The number of allylic oxidation sites excluding steroid dienone is 2. The quantitative estimate of drug-likeness (QED) is 0.230. The Kier molecular flexibility index (Phi) is 9.91. The Morgan fingerprint density at radius 2 is 1.67 bits per heavy atom. The normalized spacial score (nSPS) is 23.0. The lowest BCUT2D eigenvalue weighted by atomic mass is 9.59. The summed E-state index contributed by atoms with van der Waals surface area (Å²) in [5, 5.41) is 12.8. The lowest BCUT2D eigenvalue weighted by molar-refractivity contribution is -0.0715. The van der Waals surface area contributed by atoms with E-state index in [0.717, 1.165) is 43.2 Å². The van der Waals surface area contributed by atoms with Crippen molar-refractivity contribution in [3.63, 3.8) is 0 Å². The monoisotopic (exact) mass is 578 g/mol. The van der Waals surface area contributed by atoms with Crippen LogP contribution in [0.15, 0.2) is 102 Å². The molecule has 0 spiro atoms. The number of rotatable bonds is 12. The van der Waals surface area contributed by atoms with Gasteiger partial charge in [-0.15, -0.1) is 0 Å². The van der Waals surface area contributed by atoms with Crippen LogP contribution in [0, 0.1) is 17.8 Å². The van der Waals surface area contributed by atoms with Gasteiger partial charge in [-0.1, -0.05) is 97.9 Å². The Morgan fingerprint density at radius 3 is 2.33 bits per heavy atom. The van der Waals surface area contributed by atoms with Gasteiger partial charge in [-0.25, -0.2) is 0 Å². The van der Waals surface area contributed by atoms with Crippen LogP contribution in [0.2, 0.25) is 0 Å². The topological polar surface area (TPSA) is 58.7 Å². The molecule has 0 aromatic heterocycles. The second-order valence-corrected chi connectivity index (χ2v) is 13.2. The minimum atomic E-state index is -0.991. The summed E-state index contributed by atoms with van der Waals surface area (Å²) in [6, 6.07) is 28.0. The average Bonchev–Trinajstić information content (AvgIpc) is 3.00. The SMILES string of the molecule is C=C(N)C(C)C[C@@]1(O)C(C)=C2Cc3c(CCc4ccccc4)cccc3C[C@H]2C[C@H]1[C@@H](COCc1ccccc1)N(C)C. The molecule has 2 aliphatic rings. The van der Waals surface area contributed by atoms with Gasteiger partial charge >= 0.3 is 0 Å². The Hall–Kier alpha value is -3.18. The van der Waals surface area contributed by atoms with Crippen LogP contribution >= 0.6 is 0 Å². The molecule has 3 aromatic rings. The molecule has 3 N–H and O–H groups in total. The van der Waals surface area contributed by atoms with Gasteiger partial charge < -0.3 is 20.5 Å². The number of benzene rings is 3. The molecule has 2 aliphatic carbocycles. The third kappa shape index (κ3) is 6.98. The molecule has 0 fully saturated rings. The van der Waals surface area contributed by atoms with E-state index >= 15 is 0 Å². The van der Waals surface area contributed by atoms with Crippen LogP contribution in [0.3, 0.4) is 0 Å². The Bertz CT molecular complexity index is 1410. The number of fused-ring (bicyclic) bond motifs is 2. The maximum Gasteiger partial charge on any atom is 0.0907 e. The van der Waals surface area contributed by atoms with Crippen molar-refractivity contribution < 1.29 is 9.84 Å². The highest BCUT2D eigenvalue weighted by molar-refractivity contribution is 5.46. The summed E-state index contributed by atoms with van der Waals surface area (Å²) in [7, 11) is 4.23. The molecule has 228 valence electrons. The number of aryl methyl sites for hydroxylation is 2. The summed E-state index contributed by atoms with van der Waals surface area (Å²) in [6.07, 6.45) is 5.51. The van der Waals surface area contributed by atoms with Crippen molar-refractivity contribution in [2.75, 3.05) is 20.7 Å². The molecule has 43 heavy (non-hydrogen) atoms. The van der Waals surface area contributed by atoms with E-state index in [1.807, 2.05) is 18.2 Å². The molecule has 3 aromatic carbocycles. The fourth-order valence-corrected chi connectivity index (χ4v) is 7.58. The largest absolute Gasteiger partial charge is 0.402 e. The molecule has 0 saturated carbocycles. The molecule has 1 unspecified atom stereocenters. The van der Waals surface area contributed by atoms with E-state index < -0.39 is 5.60 Å². The minimum absolute atomic E-state index is 0.00459. The first-order valence-corrected chi connectivity index (χ1v) is 16.0. The van der Waals surface area contributed by atoms with Crippen LogP contribution in [0.1, 0.15) is 54.5 Å². The Morgan fingerprint density at radius 1 is 1.00 bits per heavy atom. The maximum absolute atomic E-state index is 12.8. The Labute approximate surface area is 259 Å². The molecular formula is C39H50N2O2. The van der Waals surface area contributed by atoms with Crippen molar-refractivity contribution in [3.05, 3.63) is 130 Å². The van der Waals surface area contributed by atoms with Gasteiger partial charge in [0.15, 0.2) is 0 Å². The molecule has 5 rings (SSSR count). The molecule has 4 heteroatoms. The average molecular weight is 579 g/mol. The van der Waals surface area contributed by atoms with Gasteiger partial charge in [-0.3, -0.25) is 0 Å². The number of aliphatic hydroxyl groups is 1. The van der Waals surface area contributed by atoms with Gasteiger partial charge in [0, 0.05) is 17.7 Å². The summed E-state index contributed by atoms with van der Waals surface area (Å²) in [5.74, 6) is 0.428. The van der Waals surface area contributed by atoms with Gasteiger partial charge in [-0.2, -0.15) is 0 Å². The minimum Gasteiger partial charge on any atom is -0.402 e. The summed E-state index contributed by atoms with van der Waals surface area (Å²) < 4.78 is 6.34. The predicted octanol–water partition coefficient (Wildman–Crippen LogP) is 6.90. The van der Waals surface area contributed by atoms with Crippen molar-refractivity contribution in [1.82, 2.24) is 4.90 Å². The van der Waals surface area contributed by atoms with Gasteiger partial charge in [0.1, 0.15) is 0 Å². The number of hydrogen-bond donors (Lipinski definition) is 2. The third-order valence-corrected chi connectivity index (χ3v) is 10.3. The van der Waals surface area contributed by atoms with Crippen molar-refractivity contribution in [3.8, 4) is 0 Å². The van der Waals surface area contributed by atoms with E-state index in [1.54, 1.807) is 0 Å². The van der Waals surface area contributed by atoms with E-state index in [4.69, 9.17) is 10.5 Å². The number of ether oxygens (including phenoxy) is 1. The zero-order chi connectivity index (χ0) is 30.6. The highest BCUT2D eigenvalue weighted by atomic mass is 16.5. The molecule has 0 bridgehead atoms. The first kappa shape index (κ1) is 31.3. The smallest absolute Gasteiger partial charge is 0.0907 e. The van der Waals surface area contributed by atoms with Crippen LogP contribution in [-0.4, -0.2) is 42.4 Å². The van der Waals surface area contributed by atoms with E-state index in [0.29, 0.717) is 31.2 Å². The fourth-order valence-electron chi connectivity index (χ4n) is 7.58. The lowest BCUT2D eigenvalue weighted by Crippen LogP contribution is -2.56. The summed E-state index contributed by atoms with van der Waals surface area (Å²) >= 11 is 0. The zero-order valence-electron chi connectivity index (χ0n) is 26.6. The molecule has 0 radical (unpaired) electrons. The van der Waals surface area contributed by atoms with Crippen molar-refractivity contribution in [2.45, 2.75) is 70.6 Å². The van der Waals surface area contributed by atoms with Crippen LogP contribution in [0.4, 0.5) is 0 Å². The molecule has 0 amide bonds. The first-order valence-electron chi connectivity index (χ1n) is 16.0.